The maximum absolute atomic E-state index is 13.1. The predicted molar refractivity (Wildman–Crippen MR) is 95.2 cm³/mol. The SMILES string of the molecule is CC(C)Cn1nc(C(=O)N2CCCCCC2)c2ccccc2c1=O. The maximum Gasteiger partial charge on any atom is 0.274 e. The number of amides is 1. The number of hydrogen-bond acceptors (Lipinski definition) is 3. The monoisotopic (exact) mass is 327 g/mol. The van der Waals surface area contributed by atoms with Crippen molar-refractivity contribution < 1.29 is 4.79 Å². The first-order valence-electron chi connectivity index (χ1n) is 8.87. The number of likely N-dealkylation sites (tertiary alicyclic amines) is 1. The summed E-state index contributed by atoms with van der Waals surface area (Å²) < 4.78 is 1.46. The summed E-state index contributed by atoms with van der Waals surface area (Å²) in [5, 5.41) is 5.70. The molecule has 2 heterocycles. The second-order valence-electron chi connectivity index (χ2n) is 6.98. The van der Waals surface area contributed by atoms with Crippen LogP contribution < -0.4 is 5.56 Å². The first-order valence-corrected chi connectivity index (χ1v) is 8.87. The Morgan fingerprint density at radius 1 is 1.08 bits per heavy atom. The molecule has 1 aromatic carbocycles. The third-order valence-corrected chi connectivity index (χ3v) is 4.50. The third kappa shape index (κ3) is 3.35. The van der Waals surface area contributed by atoms with Crippen LogP contribution in [0.15, 0.2) is 29.1 Å². The molecule has 1 saturated heterocycles. The van der Waals surface area contributed by atoms with Gasteiger partial charge in [-0.05, 0) is 24.8 Å². The molecule has 0 spiro atoms. The normalized spacial score (nSPS) is 15.7. The molecular weight excluding hydrogens is 302 g/mol. The zero-order chi connectivity index (χ0) is 17.1. The second-order valence-corrected chi connectivity index (χ2v) is 6.98. The molecule has 5 heteroatoms. The summed E-state index contributed by atoms with van der Waals surface area (Å²) in [4.78, 5) is 27.6. The van der Waals surface area contributed by atoms with Crippen LogP contribution in [-0.2, 0) is 6.54 Å². The van der Waals surface area contributed by atoms with Crippen molar-refractivity contribution in [2.45, 2.75) is 46.1 Å². The number of nitrogens with zero attached hydrogens (tertiary/aromatic N) is 3. The van der Waals surface area contributed by atoms with Gasteiger partial charge >= 0.3 is 0 Å². The number of hydrogen-bond donors (Lipinski definition) is 0. The van der Waals surface area contributed by atoms with E-state index in [1.54, 1.807) is 6.07 Å². The van der Waals surface area contributed by atoms with Gasteiger partial charge in [-0.1, -0.05) is 44.9 Å². The van der Waals surface area contributed by atoms with Crippen LogP contribution in [-0.4, -0.2) is 33.7 Å². The van der Waals surface area contributed by atoms with Crippen LogP contribution >= 0.6 is 0 Å². The Bertz CT molecular complexity index is 787. The molecular formula is C19H25N3O2. The number of aromatic nitrogens is 2. The van der Waals surface area contributed by atoms with Crippen molar-refractivity contribution in [2.24, 2.45) is 5.92 Å². The highest BCUT2D eigenvalue weighted by molar-refractivity contribution is 6.04. The average Bonchev–Trinajstić information content (AvgIpc) is 2.86. The minimum atomic E-state index is -0.119. The summed E-state index contributed by atoms with van der Waals surface area (Å²) in [6, 6.07) is 7.31. The van der Waals surface area contributed by atoms with E-state index >= 15 is 0 Å². The molecule has 5 nitrogen and oxygen atoms in total. The predicted octanol–water partition coefficient (Wildman–Crippen LogP) is 3.07. The fourth-order valence-corrected chi connectivity index (χ4v) is 3.29. The molecule has 1 aliphatic rings. The van der Waals surface area contributed by atoms with Crippen molar-refractivity contribution >= 4 is 16.7 Å². The lowest BCUT2D eigenvalue weighted by atomic mass is 10.1. The topological polar surface area (TPSA) is 55.2 Å². The first kappa shape index (κ1) is 16.7. The van der Waals surface area contributed by atoms with Gasteiger partial charge in [0.05, 0.1) is 5.39 Å². The quantitative estimate of drug-likeness (QED) is 0.870. The van der Waals surface area contributed by atoms with Gasteiger partial charge in [0.25, 0.3) is 11.5 Å². The number of carbonyl (C=O) groups is 1. The summed E-state index contributed by atoms with van der Waals surface area (Å²) in [5.41, 5.74) is 0.291. The molecule has 1 aliphatic heterocycles. The lowest BCUT2D eigenvalue weighted by Crippen LogP contribution is -2.35. The van der Waals surface area contributed by atoms with Gasteiger partial charge in [-0.25, -0.2) is 4.68 Å². The Hall–Kier alpha value is -2.17. The number of carbonyl (C=O) groups excluding carboxylic acids is 1. The van der Waals surface area contributed by atoms with Crippen LogP contribution in [0.4, 0.5) is 0 Å². The molecule has 0 radical (unpaired) electrons. The molecule has 1 fully saturated rings. The third-order valence-electron chi connectivity index (χ3n) is 4.50. The van der Waals surface area contributed by atoms with Gasteiger partial charge in [0.1, 0.15) is 0 Å². The zero-order valence-corrected chi connectivity index (χ0v) is 14.5. The van der Waals surface area contributed by atoms with Crippen LogP contribution in [0.3, 0.4) is 0 Å². The summed E-state index contributed by atoms with van der Waals surface area (Å²) in [5.74, 6) is 0.239. The van der Waals surface area contributed by atoms with Crippen LogP contribution in [0.25, 0.3) is 10.8 Å². The van der Waals surface area contributed by atoms with Gasteiger partial charge in [-0.15, -0.1) is 0 Å². The molecule has 0 N–H and O–H groups in total. The smallest absolute Gasteiger partial charge is 0.274 e. The van der Waals surface area contributed by atoms with E-state index in [4.69, 9.17) is 0 Å². The summed E-state index contributed by atoms with van der Waals surface area (Å²) >= 11 is 0. The van der Waals surface area contributed by atoms with Crippen LogP contribution in [0.2, 0.25) is 0 Å². The molecule has 0 saturated carbocycles. The standard InChI is InChI=1S/C19H25N3O2/c1-14(2)13-22-18(23)16-10-6-5-9-15(16)17(20-22)19(24)21-11-7-3-4-8-12-21/h5-6,9-10,14H,3-4,7-8,11-13H2,1-2H3. The van der Waals surface area contributed by atoms with E-state index in [2.05, 4.69) is 5.10 Å². The van der Waals surface area contributed by atoms with Gasteiger partial charge < -0.3 is 4.90 Å². The van der Waals surface area contributed by atoms with Crippen molar-refractivity contribution in [1.82, 2.24) is 14.7 Å². The highest BCUT2D eigenvalue weighted by atomic mass is 16.2. The molecule has 0 unspecified atom stereocenters. The Morgan fingerprint density at radius 2 is 1.71 bits per heavy atom. The molecule has 0 bridgehead atoms. The Morgan fingerprint density at radius 3 is 2.33 bits per heavy atom. The van der Waals surface area contributed by atoms with Crippen molar-refractivity contribution in [3.05, 3.63) is 40.3 Å². The minimum absolute atomic E-state index is 0.0504. The van der Waals surface area contributed by atoms with E-state index in [0.29, 0.717) is 23.0 Å². The summed E-state index contributed by atoms with van der Waals surface area (Å²) in [6.45, 7) is 6.15. The number of benzene rings is 1. The van der Waals surface area contributed by atoms with Gasteiger partial charge in [0, 0.05) is 25.0 Å². The molecule has 0 aliphatic carbocycles. The fourth-order valence-electron chi connectivity index (χ4n) is 3.29. The number of rotatable bonds is 3. The van der Waals surface area contributed by atoms with E-state index in [1.165, 1.54) is 17.5 Å². The molecule has 128 valence electrons. The van der Waals surface area contributed by atoms with Crippen molar-refractivity contribution in [2.75, 3.05) is 13.1 Å². The Balaban J connectivity index is 2.09. The fraction of sp³-hybridized carbons (Fsp3) is 0.526. The molecule has 3 rings (SSSR count). The first-order chi connectivity index (χ1) is 11.6. The largest absolute Gasteiger partial charge is 0.337 e. The van der Waals surface area contributed by atoms with E-state index in [1.807, 2.05) is 36.9 Å². The van der Waals surface area contributed by atoms with Gasteiger partial charge in [0.15, 0.2) is 5.69 Å². The van der Waals surface area contributed by atoms with Crippen LogP contribution in [0, 0.1) is 5.92 Å². The van der Waals surface area contributed by atoms with Gasteiger partial charge in [0.2, 0.25) is 0 Å². The van der Waals surface area contributed by atoms with E-state index < -0.39 is 0 Å². The summed E-state index contributed by atoms with van der Waals surface area (Å²) in [7, 11) is 0. The Kier molecular flexibility index (Phi) is 4.97. The molecule has 24 heavy (non-hydrogen) atoms. The molecule has 1 amide bonds. The zero-order valence-electron chi connectivity index (χ0n) is 14.5. The molecule has 0 atom stereocenters. The lowest BCUT2D eigenvalue weighted by Gasteiger charge is -2.21. The highest BCUT2D eigenvalue weighted by Gasteiger charge is 2.23. The lowest BCUT2D eigenvalue weighted by molar-refractivity contribution is 0.0755. The van der Waals surface area contributed by atoms with E-state index in [9.17, 15) is 9.59 Å². The van der Waals surface area contributed by atoms with E-state index in [0.717, 1.165) is 25.9 Å². The minimum Gasteiger partial charge on any atom is -0.337 e. The van der Waals surface area contributed by atoms with Gasteiger partial charge in [-0.2, -0.15) is 5.10 Å². The van der Waals surface area contributed by atoms with Crippen molar-refractivity contribution in [1.29, 1.82) is 0 Å². The second kappa shape index (κ2) is 7.16. The molecule has 2 aromatic rings. The summed E-state index contributed by atoms with van der Waals surface area (Å²) in [6.07, 6.45) is 4.42. The molecule has 1 aromatic heterocycles. The van der Waals surface area contributed by atoms with Crippen LogP contribution in [0.1, 0.15) is 50.0 Å². The highest BCUT2D eigenvalue weighted by Crippen LogP contribution is 2.18. The Labute approximate surface area is 142 Å². The van der Waals surface area contributed by atoms with Crippen LogP contribution in [0.5, 0.6) is 0 Å². The van der Waals surface area contributed by atoms with Crippen molar-refractivity contribution in [3.63, 3.8) is 0 Å². The van der Waals surface area contributed by atoms with E-state index in [-0.39, 0.29) is 17.4 Å². The van der Waals surface area contributed by atoms with Gasteiger partial charge in [-0.3, -0.25) is 9.59 Å². The average molecular weight is 327 g/mol. The maximum atomic E-state index is 13.1. The number of fused-ring (bicyclic) bond motifs is 1. The van der Waals surface area contributed by atoms with Crippen molar-refractivity contribution in [3.8, 4) is 0 Å².